The average Bonchev–Trinajstić information content (AvgIpc) is 2.49. The second-order valence-electron chi connectivity index (χ2n) is 5.01. The van der Waals surface area contributed by atoms with Crippen molar-refractivity contribution >= 4 is 0 Å². The lowest BCUT2D eigenvalue weighted by Gasteiger charge is -2.22. The summed E-state index contributed by atoms with van der Waals surface area (Å²) in [4.78, 5) is 0. The van der Waals surface area contributed by atoms with Gasteiger partial charge in [-0.15, -0.1) is 0 Å². The molecule has 2 unspecified atom stereocenters. The third-order valence-electron chi connectivity index (χ3n) is 3.89. The van der Waals surface area contributed by atoms with Crippen molar-refractivity contribution in [1.82, 2.24) is 5.32 Å². The normalized spacial score (nSPS) is 14.1. The van der Waals surface area contributed by atoms with Crippen LogP contribution >= 0.6 is 0 Å². The van der Waals surface area contributed by atoms with Gasteiger partial charge < -0.3 is 5.32 Å². The van der Waals surface area contributed by atoms with Gasteiger partial charge in [-0.25, -0.2) is 0 Å². The Morgan fingerprint density at radius 3 is 2.05 bits per heavy atom. The lowest BCUT2D eigenvalue weighted by atomic mass is 9.86. The molecule has 2 aromatic carbocycles. The molecule has 1 heteroatoms. The van der Waals surface area contributed by atoms with Crippen molar-refractivity contribution in [3.05, 3.63) is 71.3 Å². The van der Waals surface area contributed by atoms with Crippen molar-refractivity contribution in [2.75, 3.05) is 7.05 Å². The molecular formula is C18H23N. The first kappa shape index (κ1) is 13.8. The molecule has 0 amide bonds. The lowest BCUT2D eigenvalue weighted by Crippen LogP contribution is -2.17. The molecule has 0 saturated carbocycles. The molecule has 0 aliphatic rings. The van der Waals surface area contributed by atoms with Crippen molar-refractivity contribution in [3.8, 4) is 0 Å². The van der Waals surface area contributed by atoms with Crippen LogP contribution in [0.1, 0.15) is 48.9 Å². The molecule has 0 bridgehead atoms. The number of benzene rings is 2. The number of nitrogens with one attached hydrogen (secondary N) is 1. The minimum atomic E-state index is 0.430. The molecule has 2 rings (SSSR count). The van der Waals surface area contributed by atoms with Gasteiger partial charge in [-0.1, -0.05) is 68.4 Å². The predicted molar refractivity (Wildman–Crippen MR) is 82.5 cm³/mol. The zero-order valence-electron chi connectivity index (χ0n) is 12.1. The summed E-state index contributed by atoms with van der Waals surface area (Å²) in [5, 5.41) is 3.41. The Hall–Kier alpha value is -1.60. The maximum absolute atomic E-state index is 3.41. The molecule has 0 aliphatic heterocycles. The minimum absolute atomic E-state index is 0.430. The largest absolute Gasteiger partial charge is 0.313 e. The van der Waals surface area contributed by atoms with Crippen LogP contribution in [-0.2, 0) is 0 Å². The van der Waals surface area contributed by atoms with E-state index in [1.165, 1.54) is 16.7 Å². The fourth-order valence-electron chi connectivity index (χ4n) is 2.72. The van der Waals surface area contributed by atoms with Gasteiger partial charge in [-0.3, -0.25) is 0 Å². The van der Waals surface area contributed by atoms with Crippen LogP contribution in [0.25, 0.3) is 0 Å². The predicted octanol–water partition coefficient (Wildman–Crippen LogP) is 4.51. The zero-order chi connectivity index (χ0) is 13.7. The van der Waals surface area contributed by atoms with Crippen molar-refractivity contribution < 1.29 is 0 Å². The summed E-state index contributed by atoms with van der Waals surface area (Å²) in [7, 11) is 2.04. The summed E-state index contributed by atoms with van der Waals surface area (Å²) in [6.45, 7) is 4.52. The number of hydrogen-bond donors (Lipinski definition) is 1. The molecule has 19 heavy (non-hydrogen) atoms. The molecular weight excluding hydrogens is 230 g/mol. The second kappa shape index (κ2) is 6.53. The molecule has 1 N–H and O–H groups in total. The van der Waals surface area contributed by atoms with E-state index in [1.54, 1.807) is 0 Å². The summed E-state index contributed by atoms with van der Waals surface area (Å²) < 4.78 is 0. The quantitative estimate of drug-likeness (QED) is 0.826. The van der Waals surface area contributed by atoms with Gasteiger partial charge >= 0.3 is 0 Å². The average molecular weight is 253 g/mol. The monoisotopic (exact) mass is 253 g/mol. The smallest absolute Gasteiger partial charge is 0.0317 e. The fraction of sp³-hybridized carbons (Fsp3) is 0.333. The van der Waals surface area contributed by atoms with E-state index in [4.69, 9.17) is 0 Å². The van der Waals surface area contributed by atoms with E-state index in [9.17, 15) is 0 Å². The summed E-state index contributed by atoms with van der Waals surface area (Å²) >= 11 is 0. The number of rotatable bonds is 5. The zero-order valence-corrected chi connectivity index (χ0v) is 12.1. The van der Waals surface area contributed by atoms with Gasteiger partial charge in [-0.2, -0.15) is 0 Å². The van der Waals surface area contributed by atoms with E-state index < -0.39 is 0 Å². The third-order valence-corrected chi connectivity index (χ3v) is 3.89. The number of hydrogen-bond acceptors (Lipinski definition) is 1. The van der Waals surface area contributed by atoms with Crippen LogP contribution in [0.15, 0.2) is 54.6 Å². The molecule has 0 saturated heterocycles. The fourth-order valence-corrected chi connectivity index (χ4v) is 2.72. The maximum Gasteiger partial charge on any atom is 0.0317 e. The standard InChI is InChI=1S/C18H23N/c1-4-18(19-3)17-13-9-8-12-16(17)14(2)15-10-6-5-7-11-15/h5-14,18-19H,4H2,1-3H3. The van der Waals surface area contributed by atoms with Crippen molar-refractivity contribution in [2.45, 2.75) is 32.2 Å². The molecule has 0 aromatic heterocycles. The summed E-state index contributed by atoms with van der Waals surface area (Å²) in [6.07, 6.45) is 1.11. The van der Waals surface area contributed by atoms with E-state index in [2.05, 4.69) is 73.8 Å². The first-order chi connectivity index (χ1) is 9.27. The first-order valence-corrected chi connectivity index (χ1v) is 7.09. The Kier molecular flexibility index (Phi) is 4.75. The molecule has 1 nitrogen and oxygen atoms in total. The first-order valence-electron chi connectivity index (χ1n) is 7.09. The van der Waals surface area contributed by atoms with Crippen LogP contribution in [0.2, 0.25) is 0 Å². The topological polar surface area (TPSA) is 12.0 Å². The molecule has 0 radical (unpaired) electrons. The molecule has 0 fully saturated rings. The van der Waals surface area contributed by atoms with Gasteiger partial charge in [0.05, 0.1) is 0 Å². The van der Waals surface area contributed by atoms with Gasteiger partial charge in [0.2, 0.25) is 0 Å². The summed E-state index contributed by atoms with van der Waals surface area (Å²) in [6, 6.07) is 19.9. The Bertz CT molecular complexity index is 500. The van der Waals surface area contributed by atoms with Crippen LogP contribution in [0, 0.1) is 0 Å². The molecule has 100 valence electrons. The molecule has 2 atom stereocenters. The lowest BCUT2D eigenvalue weighted by molar-refractivity contribution is 0.569. The van der Waals surface area contributed by atoms with E-state index in [0.29, 0.717) is 12.0 Å². The van der Waals surface area contributed by atoms with Crippen LogP contribution in [0.3, 0.4) is 0 Å². The Morgan fingerprint density at radius 2 is 1.47 bits per heavy atom. The molecule has 0 aliphatic carbocycles. The molecule has 0 heterocycles. The Labute approximate surface area is 116 Å². The van der Waals surface area contributed by atoms with Crippen molar-refractivity contribution in [1.29, 1.82) is 0 Å². The highest BCUT2D eigenvalue weighted by atomic mass is 14.9. The minimum Gasteiger partial charge on any atom is -0.313 e. The SMILES string of the molecule is CCC(NC)c1ccccc1C(C)c1ccccc1. The third kappa shape index (κ3) is 3.05. The van der Waals surface area contributed by atoms with Crippen LogP contribution in [-0.4, -0.2) is 7.05 Å². The van der Waals surface area contributed by atoms with Crippen LogP contribution in [0.5, 0.6) is 0 Å². The Morgan fingerprint density at radius 1 is 0.895 bits per heavy atom. The summed E-state index contributed by atoms with van der Waals surface area (Å²) in [5.74, 6) is 0.430. The van der Waals surface area contributed by atoms with Gasteiger partial charge in [0.15, 0.2) is 0 Å². The highest BCUT2D eigenvalue weighted by Gasteiger charge is 2.16. The van der Waals surface area contributed by atoms with Crippen LogP contribution in [0.4, 0.5) is 0 Å². The van der Waals surface area contributed by atoms with Gasteiger partial charge in [0.25, 0.3) is 0 Å². The highest BCUT2D eigenvalue weighted by molar-refractivity contribution is 5.39. The molecule has 2 aromatic rings. The van der Waals surface area contributed by atoms with Gasteiger partial charge in [-0.05, 0) is 30.2 Å². The molecule has 0 spiro atoms. The summed E-state index contributed by atoms with van der Waals surface area (Å²) in [5.41, 5.74) is 4.22. The van der Waals surface area contributed by atoms with E-state index in [0.717, 1.165) is 6.42 Å². The second-order valence-corrected chi connectivity index (χ2v) is 5.01. The van der Waals surface area contributed by atoms with Gasteiger partial charge in [0.1, 0.15) is 0 Å². The van der Waals surface area contributed by atoms with E-state index in [-0.39, 0.29) is 0 Å². The van der Waals surface area contributed by atoms with E-state index in [1.807, 2.05) is 7.05 Å². The van der Waals surface area contributed by atoms with Crippen LogP contribution < -0.4 is 5.32 Å². The van der Waals surface area contributed by atoms with Crippen molar-refractivity contribution in [3.63, 3.8) is 0 Å². The Balaban J connectivity index is 2.39. The van der Waals surface area contributed by atoms with E-state index >= 15 is 0 Å². The van der Waals surface area contributed by atoms with Crippen molar-refractivity contribution in [2.24, 2.45) is 0 Å². The maximum atomic E-state index is 3.41. The highest BCUT2D eigenvalue weighted by Crippen LogP contribution is 2.30. The van der Waals surface area contributed by atoms with Gasteiger partial charge in [0, 0.05) is 12.0 Å².